The van der Waals surface area contributed by atoms with Gasteiger partial charge in [0.15, 0.2) is 5.69 Å². The average Bonchev–Trinajstić information content (AvgIpc) is 2.63. The summed E-state index contributed by atoms with van der Waals surface area (Å²) in [4.78, 5) is 18.7. The fourth-order valence-corrected chi connectivity index (χ4v) is 2.65. The molecular weight excluding hydrogens is 304 g/mol. The van der Waals surface area contributed by atoms with E-state index in [1.165, 1.54) is 0 Å². The van der Waals surface area contributed by atoms with Gasteiger partial charge in [-0.3, -0.25) is 0 Å². The van der Waals surface area contributed by atoms with Gasteiger partial charge in [0, 0.05) is 25.0 Å². The fraction of sp³-hybridized carbons (Fsp3) is 0.368. The molecule has 0 saturated carbocycles. The molecule has 0 unspecified atom stereocenters. The minimum atomic E-state index is -0.439. The van der Waals surface area contributed by atoms with Crippen LogP contribution in [0.5, 0.6) is 5.75 Å². The summed E-state index contributed by atoms with van der Waals surface area (Å²) in [6.07, 6.45) is 1.64. The first kappa shape index (κ1) is 16.5. The van der Waals surface area contributed by atoms with Crippen LogP contribution in [0, 0.1) is 0 Å². The molecule has 3 rings (SSSR count). The van der Waals surface area contributed by atoms with Crippen LogP contribution in [0.3, 0.4) is 0 Å². The third kappa shape index (κ3) is 3.92. The van der Waals surface area contributed by atoms with E-state index < -0.39 is 5.97 Å². The van der Waals surface area contributed by atoms with Crippen molar-refractivity contribution in [3.05, 3.63) is 53.9 Å². The van der Waals surface area contributed by atoms with Crippen LogP contribution in [0.15, 0.2) is 42.6 Å². The number of ether oxygens (including phenoxy) is 2. The first-order chi connectivity index (χ1) is 11.6. The molecule has 0 aliphatic carbocycles. The Kier molecular flexibility index (Phi) is 5.11. The second kappa shape index (κ2) is 7.45. The fourth-order valence-electron chi connectivity index (χ4n) is 2.65. The molecule has 5 nitrogen and oxygen atoms in total. The number of anilines is 1. The van der Waals surface area contributed by atoms with Crippen LogP contribution in [-0.2, 0) is 4.74 Å². The highest BCUT2D eigenvalue weighted by molar-refractivity contribution is 5.90. The molecule has 1 fully saturated rings. The Bertz CT molecular complexity index is 709. The molecule has 1 saturated heterocycles. The van der Waals surface area contributed by atoms with Gasteiger partial charge in [0.1, 0.15) is 5.75 Å². The number of carbonyl (C=O) groups excluding carboxylic acids is 1. The van der Waals surface area contributed by atoms with Gasteiger partial charge in [-0.05, 0) is 35.7 Å². The number of hydrogen-bond donors (Lipinski definition) is 0. The number of esters is 1. The summed E-state index contributed by atoms with van der Waals surface area (Å²) in [6, 6.07) is 11.3. The van der Waals surface area contributed by atoms with Crippen molar-refractivity contribution in [3.63, 3.8) is 0 Å². The summed E-state index contributed by atoms with van der Waals surface area (Å²) in [5.41, 5.74) is 2.42. The molecule has 1 aliphatic rings. The van der Waals surface area contributed by atoms with Gasteiger partial charge < -0.3 is 14.4 Å². The molecule has 1 aromatic carbocycles. The normalized spacial score (nSPS) is 14.7. The first-order valence-electron chi connectivity index (χ1n) is 8.24. The van der Waals surface area contributed by atoms with E-state index in [1.807, 2.05) is 24.3 Å². The van der Waals surface area contributed by atoms with Gasteiger partial charge in [0.05, 0.1) is 13.2 Å². The van der Waals surface area contributed by atoms with Crippen LogP contribution in [0.1, 0.15) is 35.8 Å². The molecule has 5 heteroatoms. The van der Waals surface area contributed by atoms with Crippen molar-refractivity contribution in [1.29, 1.82) is 0 Å². The van der Waals surface area contributed by atoms with Crippen molar-refractivity contribution >= 4 is 11.7 Å². The largest absolute Gasteiger partial charge is 0.422 e. The molecular formula is C19H22N2O3. The van der Waals surface area contributed by atoms with Crippen molar-refractivity contribution < 1.29 is 14.3 Å². The molecule has 1 aliphatic heterocycles. The van der Waals surface area contributed by atoms with Crippen molar-refractivity contribution in [2.75, 3.05) is 31.2 Å². The van der Waals surface area contributed by atoms with Crippen molar-refractivity contribution in [2.24, 2.45) is 0 Å². The number of pyridine rings is 1. The summed E-state index contributed by atoms with van der Waals surface area (Å²) in [6.45, 7) is 7.24. The Balaban J connectivity index is 1.74. The lowest BCUT2D eigenvalue weighted by molar-refractivity contribution is 0.0728. The van der Waals surface area contributed by atoms with E-state index >= 15 is 0 Å². The molecule has 0 N–H and O–H groups in total. The third-order valence-corrected chi connectivity index (χ3v) is 4.06. The highest BCUT2D eigenvalue weighted by atomic mass is 16.5. The predicted molar refractivity (Wildman–Crippen MR) is 92.8 cm³/mol. The third-order valence-electron chi connectivity index (χ3n) is 4.06. The van der Waals surface area contributed by atoms with Gasteiger partial charge in [-0.2, -0.15) is 0 Å². The Morgan fingerprint density at radius 2 is 2.00 bits per heavy atom. The van der Waals surface area contributed by atoms with E-state index in [-0.39, 0.29) is 0 Å². The Labute approximate surface area is 142 Å². The molecule has 2 heterocycles. The first-order valence-corrected chi connectivity index (χ1v) is 8.24. The summed E-state index contributed by atoms with van der Waals surface area (Å²) in [7, 11) is 0. The summed E-state index contributed by atoms with van der Waals surface area (Å²) in [5, 5.41) is 0. The maximum absolute atomic E-state index is 12.4. The molecule has 0 bridgehead atoms. The lowest BCUT2D eigenvalue weighted by Gasteiger charge is -2.28. The minimum Gasteiger partial charge on any atom is -0.422 e. The molecule has 0 radical (unpaired) electrons. The zero-order chi connectivity index (χ0) is 16.9. The lowest BCUT2D eigenvalue weighted by atomic mass is 10.0. The Morgan fingerprint density at radius 3 is 2.75 bits per heavy atom. The molecule has 126 valence electrons. The summed E-state index contributed by atoms with van der Waals surface area (Å²) >= 11 is 0. The number of hydrogen-bond acceptors (Lipinski definition) is 5. The van der Waals surface area contributed by atoms with Gasteiger partial charge in [-0.25, -0.2) is 9.78 Å². The lowest BCUT2D eigenvalue weighted by Crippen LogP contribution is -2.36. The molecule has 24 heavy (non-hydrogen) atoms. The minimum absolute atomic E-state index is 0.314. The van der Waals surface area contributed by atoms with Crippen LogP contribution < -0.4 is 9.64 Å². The van der Waals surface area contributed by atoms with E-state index in [0.717, 1.165) is 24.3 Å². The highest BCUT2D eigenvalue weighted by Crippen LogP contribution is 2.22. The quantitative estimate of drug-likeness (QED) is 0.637. The van der Waals surface area contributed by atoms with E-state index in [2.05, 4.69) is 23.7 Å². The topological polar surface area (TPSA) is 51.7 Å². The van der Waals surface area contributed by atoms with Gasteiger partial charge in [0.25, 0.3) is 0 Å². The predicted octanol–water partition coefficient (Wildman–Crippen LogP) is 3.26. The van der Waals surface area contributed by atoms with Gasteiger partial charge in [0.2, 0.25) is 0 Å². The van der Waals surface area contributed by atoms with Gasteiger partial charge >= 0.3 is 5.97 Å². The van der Waals surface area contributed by atoms with Crippen LogP contribution >= 0.6 is 0 Å². The maximum atomic E-state index is 12.4. The Hall–Kier alpha value is -2.40. The number of nitrogens with zero attached hydrogens (tertiary/aromatic N) is 2. The van der Waals surface area contributed by atoms with E-state index in [0.29, 0.717) is 30.6 Å². The van der Waals surface area contributed by atoms with Gasteiger partial charge in [-0.15, -0.1) is 0 Å². The summed E-state index contributed by atoms with van der Waals surface area (Å²) in [5.74, 6) is 0.488. The van der Waals surface area contributed by atoms with Crippen molar-refractivity contribution in [3.8, 4) is 5.75 Å². The number of aromatic nitrogens is 1. The van der Waals surface area contributed by atoms with E-state index in [1.54, 1.807) is 18.3 Å². The van der Waals surface area contributed by atoms with Crippen LogP contribution in [0.25, 0.3) is 0 Å². The maximum Gasteiger partial charge on any atom is 0.362 e. The second-order valence-corrected chi connectivity index (χ2v) is 6.12. The zero-order valence-electron chi connectivity index (χ0n) is 14.1. The molecule has 0 spiro atoms. The number of morpholine rings is 1. The number of rotatable bonds is 4. The van der Waals surface area contributed by atoms with Crippen LogP contribution in [0.4, 0.5) is 5.69 Å². The van der Waals surface area contributed by atoms with Crippen LogP contribution in [-0.4, -0.2) is 37.3 Å². The summed E-state index contributed by atoms with van der Waals surface area (Å²) < 4.78 is 10.8. The van der Waals surface area contributed by atoms with E-state index in [9.17, 15) is 4.79 Å². The molecule has 0 atom stereocenters. The van der Waals surface area contributed by atoms with Gasteiger partial charge in [-0.1, -0.05) is 26.0 Å². The van der Waals surface area contributed by atoms with Crippen LogP contribution in [0.2, 0.25) is 0 Å². The molecule has 1 aromatic heterocycles. The van der Waals surface area contributed by atoms with Crippen molar-refractivity contribution in [2.45, 2.75) is 19.8 Å². The second-order valence-electron chi connectivity index (χ2n) is 6.12. The zero-order valence-corrected chi connectivity index (χ0v) is 14.1. The van der Waals surface area contributed by atoms with E-state index in [4.69, 9.17) is 9.47 Å². The standard InChI is InChI=1S/C19H22N2O3/c1-14(2)15-4-3-5-17(12-15)24-19(22)18-13-16(6-7-20-18)21-8-10-23-11-9-21/h3-7,12-14H,8-11H2,1-2H3. The highest BCUT2D eigenvalue weighted by Gasteiger charge is 2.16. The average molecular weight is 326 g/mol. The van der Waals surface area contributed by atoms with Crippen molar-refractivity contribution in [1.82, 2.24) is 4.98 Å². The monoisotopic (exact) mass is 326 g/mol. The molecule has 2 aromatic rings. The Morgan fingerprint density at radius 1 is 1.21 bits per heavy atom. The SMILES string of the molecule is CC(C)c1cccc(OC(=O)c2cc(N3CCOCC3)ccn2)c1. The smallest absolute Gasteiger partial charge is 0.362 e. The number of carbonyl (C=O) groups is 1. The molecule has 0 amide bonds. The number of benzene rings is 1.